The van der Waals surface area contributed by atoms with Crippen molar-refractivity contribution in [1.82, 2.24) is 0 Å². The molecule has 0 radical (unpaired) electrons. The Labute approximate surface area is 52.3 Å². The predicted molar refractivity (Wildman–Crippen MR) is 32.4 cm³/mol. The fourth-order valence-electron chi connectivity index (χ4n) is 0.456. The van der Waals surface area contributed by atoms with E-state index in [1.165, 1.54) is 0 Å². The van der Waals surface area contributed by atoms with Crippen LogP contribution in [0.3, 0.4) is 0 Å². The van der Waals surface area contributed by atoms with Gasteiger partial charge in [-0.25, -0.2) is 4.98 Å². The van der Waals surface area contributed by atoms with E-state index < -0.39 is 0 Å². The van der Waals surface area contributed by atoms with Crippen molar-refractivity contribution in [3.63, 3.8) is 0 Å². The van der Waals surface area contributed by atoms with Crippen LogP contribution in [0.15, 0.2) is 18.3 Å². The number of pyridine rings is 1. The summed E-state index contributed by atoms with van der Waals surface area (Å²) in [4.78, 5) is 2.77. The first-order chi connectivity index (χ1) is 3.79. The highest BCUT2D eigenvalue weighted by Crippen LogP contribution is 2.05. The van der Waals surface area contributed by atoms with Gasteiger partial charge in [0.25, 0.3) is 5.82 Å². The molecular formula is C5H6ClN2+. The second-order valence-electron chi connectivity index (χ2n) is 1.46. The van der Waals surface area contributed by atoms with Crippen molar-refractivity contribution in [2.24, 2.45) is 0 Å². The average Bonchev–Trinajstić information content (AvgIpc) is 1.64. The lowest BCUT2D eigenvalue weighted by Crippen LogP contribution is -2.07. The lowest BCUT2D eigenvalue weighted by Gasteiger charge is -1.83. The van der Waals surface area contributed by atoms with Crippen molar-refractivity contribution in [3.05, 3.63) is 23.4 Å². The first kappa shape index (κ1) is 5.38. The first-order valence-electron chi connectivity index (χ1n) is 2.22. The van der Waals surface area contributed by atoms with Crippen LogP contribution in [0.25, 0.3) is 0 Å². The molecule has 0 fully saturated rings. The molecular weight excluding hydrogens is 124 g/mol. The van der Waals surface area contributed by atoms with Crippen molar-refractivity contribution < 1.29 is 4.98 Å². The molecule has 0 unspecified atom stereocenters. The maximum Gasteiger partial charge on any atom is 0.271 e. The van der Waals surface area contributed by atoms with Gasteiger partial charge in [0.2, 0.25) is 0 Å². The largest absolute Gasteiger partial charge is 0.287 e. The molecule has 42 valence electrons. The molecule has 0 spiro atoms. The van der Waals surface area contributed by atoms with Crippen molar-refractivity contribution in [1.29, 1.82) is 0 Å². The number of aromatic amines is 1. The molecule has 0 aliphatic heterocycles. The molecule has 0 aliphatic rings. The topological polar surface area (TPSA) is 40.2 Å². The third-order valence-corrected chi connectivity index (χ3v) is 1.02. The van der Waals surface area contributed by atoms with Gasteiger partial charge in [0, 0.05) is 6.07 Å². The minimum absolute atomic E-state index is 0.581. The second kappa shape index (κ2) is 2.01. The molecule has 3 N–H and O–H groups in total. The molecule has 0 aromatic carbocycles. The molecule has 1 aromatic rings. The number of rotatable bonds is 0. The first-order valence-corrected chi connectivity index (χ1v) is 2.59. The van der Waals surface area contributed by atoms with Crippen LogP contribution < -0.4 is 10.7 Å². The van der Waals surface area contributed by atoms with Crippen LogP contribution in [0.1, 0.15) is 0 Å². The minimum atomic E-state index is 0.581. The number of aromatic nitrogens is 1. The minimum Gasteiger partial charge on any atom is -0.287 e. The summed E-state index contributed by atoms with van der Waals surface area (Å²) in [5.41, 5.74) is 5.32. The zero-order chi connectivity index (χ0) is 5.98. The van der Waals surface area contributed by atoms with E-state index in [0.29, 0.717) is 10.8 Å². The van der Waals surface area contributed by atoms with E-state index in [4.69, 9.17) is 17.3 Å². The normalized spacial score (nSPS) is 9.12. The maximum absolute atomic E-state index is 5.54. The van der Waals surface area contributed by atoms with Crippen molar-refractivity contribution >= 4 is 17.4 Å². The molecule has 0 saturated heterocycles. The van der Waals surface area contributed by atoms with Gasteiger partial charge in [0.05, 0.1) is 11.2 Å². The van der Waals surface area contributed by atoms with Crippen molar-refractivity contribution in [3.8, 4) is 0 Å². The Kier molecular flexibility index (Phi) is 1.35. The molecule has 0 atom stereocenters. The molecule has 0 aliphatic carbocycles. The second-order valence-corrected chi connectivity index (χ2v) is 1.90. The Balaban J connectivity index is 3.08. The molecule has 0 amide bonds. The van der Waals surface area contributed by atoms with Gasteiger partial charge in [-0.3, -0.25) is 5.73 Å². The molecule has 1 aromatic heterocycles. The number of nitrogen functional groups attached to an aromatic ring is 1. The van der Waals surface area contributed by atoms with Crippen molar-refractivity contribution in [2.75, 3.05) is 5.73 Å². The smallest absolute Gasteiger partial charge is 0.271 e. The van der Waals surface area contributed by atoms with Crippen LogP contribution >= 0.6 is 11.6 Å². The molecule has 1 rings (SSSR count). The zero-order valence-electron chi connectivity index (χ0n) is 4.19. The van der Waals surface area contributed by atoms with E-state index in [-0.39, 0.29) is 0 Å². The molecule has 1 heterocycles. The summed E-state index contributed by atoms with van der Waals surface area (Å²) in [5.74, 6) is 0.581. The monoisotopic (exact) mass is 129 g/mol. The molecule has 3 heteroatoms. The van der Waals surface area contributed by atoms with Crippen molar-refractivity contribution in [2.45, 2.75) is 0 Å². The molecule has 8 heavy (non-hydrogen) atoms. The van der Waals surface area contributed by atoms with Crippen LogP contribution in [0.5, 0.6) is 0 Å². The number of H-pyrrole nitrogens is 1. The summed E-state index contributed by atoms with van der Waals surface area (Å²) in [5, 5.41) is 0.654. The van der Waals surface area contributed by atoms with E-state index in [9.17, 15) is 0 Å². The Morgan fingerprint density at radius 3 is 2.75 bits per heavy atom. The predicted octanol–water partition coefficient (Wildman–Crippen LogP) is 0.736. The Morgan fingerprint density at radius 1 is 1.62 bits per heavy atom. The summed E-state index contributed by atoms with van der Waals surface area (Å²) in [6.07, 6.45) is 1.69. The Morgan fingerprint density at radius 2 is 2.38 bits per heavy atom. The van der Waals surface area contributed by atoms with Crippen LogP contribution in [0, 0.1) is 0 Å². The van der Waals surface area contributed by atoms with Crippen LogP contribution in [0.2, 0.25) is 5.02 Å². The van der Waals surface area contributed by atoms with E-state index in [1.54, 1.807) is 18.3 Å². The number of hydrogen-bond donors (Lipinski definition) is 1. The van der Waals surface area contributed by atoms with Gasteiger partial charge in [-0.05, 0) is 6.07 Å². The third-order valence-electron chi connectivity index (χ3n) is 0.786. The van der Waals surface area contributed by atoms with Gasteiger partial charge in [0.1, 0.15) is 0 Å². The number of hydrogen-bond acceptors (Lipinski definition) is 1. The van der Waals surface area contributed by atoms with Crippen LogP contribution in [-0.4, -0.2) is 0 Å². The van der Waals surface area contributed by atoms with Gasteiger partial charge in [-0.1, -0.05) is 11.6 Å². The Bertz CT molecular complexity index is 170. The number of anilines is 1. The van der Waals surface area contributed by atoms with Gasteiger partial charge >= 0.3 is 0 Å². The van der Waals surface area contributed by atoms with E-state index in [1.807, 2.05) is 0 Å². The molecule has 0 saturated carbocycles. The summed E-state index contributed by atoms with van der Waals surface area (Å²) >= 11 is 5.54. The zero-order valence-corrected chi connectivity index (χ0v) is 4.94. The molecule has 0 bridgehead atoms. The summed E-state index contributed by atoms with van der Waals surface area (Å²) in [6.45, 7) is 0. The highest BCUT2D eigenvalue weighted by Gasteiger charge is 1.90. The number of nitrogens with one attached hydrogen (secondary N) is 1. The van der Waals surface area contributed by atoms with Crippen LogP contribution in [0.4, 0.5) is 5.82 Å². The van der Waals surface area contributed by atoms with Gasteiger partial charge < -0.3 is 0 Å². The fourth-order valence-corrected chi connectivity index (χ4v) is 0.636. The lowest BCUT2D eigenvalue weighted by atomic mass is 10.5. The Hall–Kier alpha value is -0.760. The van der Waals surface area contributed by atoms with E-state index in [0.717, 1.165) is 0 Å². The SMILES string of the molecule is Nc1cc(Cl)cc[nH+]1. The maximum atomic E-state index is 5.54. The lowest BCUT2D eigenvalue weighted by molar-refractivity contribution is -0.360. The van der Waals surface area contributed by atoms with Gasteiger partial charge in [0.15, 0.2) is 0 Å². The number of nitrogens with two attached hydrogens (primary N) is 1. The van der Waals surface area contributed by atoms with Crippen LogP contribution in [-0.2, 0) is 0 Å². The fraction of sp³-hybridized carbons (Fsp3) is 0. The van der Waals surface area contributed by atoms with Gasteiger partial charge in [-0.15, -0.1) is 0 Å². The standard InChI is InChI=1S/C5H5ClN2/c6-4-1-2-8-5(7)3-4/h1-3H,(H2,7,8)/p+1. The quantitative estimate of drug-likeness (QED) is 0.552. The average molecular weight is 130 g/mol. The van der Waals surface area contributed by atoms with E-state index in [2.05, 4.69) is 4.98 Å². The highest BCUT2D eigenvalue weighted by molar-refractivity contribution is 6.30. The highest BCUT2D eigenvalue weighted by atomic mass is 35.5. The van der Waals surface area contributed by atoms with Gasteiger partial charge in [-0.2, -0.15) is 0 Å². The summed E-state index contributed by atoms with van der Waals surface area (Å²) in [7, 11) is 0. The number of halogens is 1. The molecule has 2 nitrogen and oxygen atoms in total. The summed E-state index contributed by atoms with van der Waals surface area (Å²) < 4.78 is 0. The summed E-state index contributed by atoms with van der Waals surface area (Å²) in [6, 6.07) is 3.39. The third kappa shape index (κ3) is 1.10. The van der Waals surface area contributed by atoms with E-state index >= 15 is 0 Å².